The third kappa shape index (κ3) is 0.554. The molecule has 0 amide bonds. The van der Waals surface area contributed by atoms with Crippen LogP contribution in [0.1, 0.15) is 23.6 Å². The van der Waals surface area contributed by atoms with Gasteiger partial charge in [0, 0.05) is 11.5 Å². The molecule has 0 aromatic carbocycles. The minimum absolute atomic E-state index is 0.0405. The molecule has 1 aromatic heterocycles. The maximum Gasteiger partial charge on any atom is 0.292 e. The number of H-pyrrole nitrogens is 1. The molecule has 1 fully saturated rings. The Bertz CT molecular complexity index is 360. The Kier molecular flexibility index (Phi) is 0.947. The van der Waals surface area contributed by atoms with E-state index in [1.165, 1.54) is 0 Å². The Morgan fingerprint density at radius 1 is 1.58 bits per heavy atom. The number of nitrogens with zero attached hydrogens (tertiary/aromatic N) is 1. The van der Waals surface area contributed by atoms with Crippen LogP contribution in [0.4, 0.5) is 8.78 Å². The molecular weight excluding hydrogens is 186 g/mol. The number of hydrogen-bond acceptors (Lipinski definition) is 1. The van der Waals surface area contributed by atoms with E-state index in [2.05, 4.69) is 10.2 Å². The van der Waals surface area contributed by atoms with Gasteiger partial charge in [0.25, 0.3) is 5.92 Å². The standard InChI is InChI=1S/C7H5ClF2N2/c8-6-4-2-1-3(2)7(9,10)5(4)11-12-6/h2-3H,1H2,(H,11,12)/t2-,3+/m0/s1. The number of fused-ring (bicyclic) bond motifs is 3. The Labute approximate surface area is 71.9 Å². The fourth-order valence-electron chi connectivity index (χ4n) is 2.02. The molecule has 1 saturated carbocycles. The molecule has 0 bridgehead atoms. The molecule has 12 heavy (non-hydrogen) atoms. The number of alkyl halides is 2. The second-order valence-electron chi connectivity index (χ2n) is 3.37. The van der Waals surface area contributed by atoms with Gasteiger partial charge in [-0.3, -0.25) is 5.10 Å². The summed E-state index contributed by atoms with van der Waals surface area (Å²) in [6.45, 7) is 0. The van der Waals surface area contributed by atoms with Gasteiger partial charge in [-0.1, -0.05) is 11.6 Å². The summed E-state index contributed by atoms with van der Waals surface area (Å²) in [6.07, 6.45) is 0.555. The summed E-state index contributed by atoms with van der Waals surface area (Å²) >= 11 is 5.66. The van der Waals surface area contributed by atoms with Gasteiger partial charge in [0.05, 0.1) is 0 Å². The van der Waals surface area contributed by atoms with E-state index in [0.717, 1.165) is 0 Å². The van der Waals surface area contributed by atoms with Gasteiger partial charge in [0.1, 0.15) is 5.69 Å². The lowest BCUT2D eigenvalue weighted by Gasteiger charge is -2.09. The summed E-state index contributed by atoms with van der Waals surface area (Å²) in [5.74, 6) is -3.28. The smallest absolute Gasteiger partial charge is 0.275 e. The average Bonchev–Trinajstić information content (AvgIpc) is 2.64. The van der Waals surface area contributed by atoms with Crippen LogP contribution >= 0.6 is 11.6 Å². The van der Waals surface area contributed by atoms with Crippen molar-refractivity contribution in [2.24, 2.45) is 5.92 Å². The van der Waals surface area contributed by atoms with Crippen LogP contribution in [-0.2, 0) is 5.92 Å². The first-order valence-electron chi connectivity index (χ1n) is 3.74. The van der Waals surface area contributed by atoms with Crippen LogP contribution in [0.2, 0.25) is 5.15 Å². The first-order valence-corrected chi connectivity index (χ1v) is 4.12. The van der Waals surface area contributed by atoms with Crippen molar-refractivity contribution in [1.82, 2.24) is 10.2 Å². The monoisotopic (exact) mass is 190 g/mol. The second kappa shape index (κ2) is 1.66. The summed E-state index contributed by atoms with van der Waals surface area (Å²) in [6, 6.07) is 0. The van der Waals surface area contributed by atoms with Crippen LogP contribution in [0, 0.1) is 5.92 Å². The van der Waals surface area contributed by atoms with Crippen LogP contribution < -0.4 is 0 Å². The Balaban J connectivity index is 2.27. The Morgan fingerprint density at radius 2 is 2.33 bits per heavy atom. The van der Waals surface area contributed by atoms with Crippen LogP contribution in [-0.4, -0.2) is 10.2 Å². The summed E-state index contributed by atoms with van der Waals surface area (Å²) in [5.41, 5.74) is 0.486. The minimum atomic E-state index is -2.72. The number of halogens is 3. The molecular formula is C7H5ClF2N2. The van der Waals surface area contributed by atoms with E-state index in [1.807, 2.05) is 0 Å². The van der Waals surface area contributed by atoms with Crippen molar-refractivity contribution in [3.8, 4) is 0 Å². The zero-order valence-corrected chi connectivity index (χ0v) is 6.70. The highest BCUT2D eigenvalue weighted by atomic mass is 35.5. The van der Waals surface area contributed by atoms with Crippen molar-refractivity contribution >= 4 is 11.6 Å². The SMILES string of the molecule is FC1(F)c2[nH]nc(Cl)c2[C@H]2C[C@H]21. The maximum atomic E-state index is 13.3. The van der Waals surface area contributed by atoms with E-state index in [1.54, 1.807) is 0 Å². The molecule has 1 N–H and O–H groups in total. The predicted molar refractivity (Wildman–Crippen MR) is 38.3 cm³/mol. The van der Waals surface area contributed by atoms with Gasteiger partial charge in [-0.2, -0.15) is 13.9 Å². The third-order valence-corrected chi connectivity index (χ3v) is 3.01. The van der Waals surface area contributed by atoms with Gasteiger partial charge in [0.2, 0.25) is 0 Å². The maximum absolute atomic E-state index is 13.3. The number of hydrogen-bond donors (Lipinski definition) is 1. The number of rotatable bonds is 0. The molecule has 0 spiro atoms. The summed E-state index contributed by atoms with van der Waals surface area (Å²) in [7, 11) is 0. The first-order chi connectivity index (χ1) is 5.62. The van der Waals surface area contributed by atoms with Crippen molar-refractivity contribution in [2.75, 3.05) is 0 Å². The van der Waals surface area contributed by atoms with Crippen molar-refractivity contribution in [3.63, 3.8) is 0 Å². The zero-order valence-electron chi connectivity index (χ0n) is 5.94. The third-order valence-electron chi connectivity index (χ3n) is 2.72. The molecule has 2 nitrogen and oxygen atoms in total. The van der Waals surface area contributed by atoms with Crippen LogP contribution in [0.3, 0.4) is 0 Å². The van der Waals surface area contributed by atoms with E-state index >= 15 is 0 Å². The van der Waals surface area contributed by atoms with E-state index < -0.39 is 11.8 Å². The quantitative estimate of drug-likeness (QED) is 0.668. The lowest BCUT2D eigenvalue weighted by Crippen LogP contribution is -2.13. The average molecular weight is 191 g/mol. The summed E-state index contributed by atoms with van der Waals surface area (Å²) in [4.78, 5) is 0. The Morgan fingerprint density at radius 3 is 3.00 bits per heavy atom. The van der Waals surface area contributed by atoms with Gasteiger partial charge in [0.15, 0.2) is 5.15 Å². The van der Waals surface area contributed by atoms with Gasteiger partial charge >= 0.3 is 0 Å². The normalized spacial score (nSPS) is 34.6. The molecule has 0 saturated heterocycles. The molecule has 5 heteroatoms. The van der Waals surface area contributed by atoms with E-state index in [0.29, 0.717) is 12.0 Å². The van der Waals surface area contributed by atoms with Crippen molar-refractivity contribution in [2.45, 2.75) is 18.3 Å². The summed E-state index contributed by atoms with van der Waals surface area (Å²) < 4.78 is 26.5. The highest BCUT2D eigenvalue weighted by Gasteiger charge is 2.65. The predicted octanol–water partition coefficient (Wildman–Crippen LogP) is 2.27. The lowest BCUT2D eigenvalue weighted by atomic mass is 10.2. The van der Waals surface area contributed by atoms with Crippen LogP contribution in [0.5, 0.6) is 0 Å². The highest BCUT2D eigenvalue weighted by molar-refractivity contribution is 6.30. The number of nitrogens with one attached hydrogen (secondary N) is 1. The van der Waals surface area contributed by atoms with Gasteiger partial charge in [-0.05, 0) is 12.3 Å². The summed E-state index contributed by atoms with van der Waals surface area (Å²) in [5, 5.41) is 6.09. The molecule has 1 aromatic rings. The van der Waals surface area contributed by atoms with Gasteiger partial charge < -0.3 is 0 Å². The zero-order chi connectivity index (χ0) is 8.51. The second-order valence-corrected chi connectivity index (χ2v) is 3.73. The van der Waals surface area contributed by atoms with Gasteiger partial charge in [-0.25, -0.2) is 0 Å². The first kappa shape index (κ1) is 6.83. The van der Waals surface area contributed by atoms with E-state index in [-0.39, 0.29) is 16.8 Å². The van der Waals surface area contributed by atoms with Crippen molar-refractivity contribution < 1.29 is 8.78 Å². The largest absolute Gasteiger partial charge is 0.292 e. The molecule has 3 rings (SSSR count). The minimum Gasteiger partial charge on any atom is -0.275 e. The molecule has 2 atom stereocenters. The molecule has 0 radical (unpaired) electrons. The number of aromatic nitrogens is 2. The van der Waals surface area contributed by atoms with Crippen LogP contribution in [0.15, 0.2) is 0 Å². The van der Waals surface area contributed by atoms with Crippen molar-refractivity contribution in [1.29, 1.82) is 0 Å². The Hall–Kier alpha value is -0.640. The fourth-order valence-corrected chi connectivity index (χ4v) is 2.30. The topological polar surface area (TPSA) is 28.7 Å². The van der Waals surface area contributed by atoms with E-state index in [4.69, 9.17) is 11.6 Å². The molecule has 0 unspecified atom stereocenters. The van der Waals surface area contributed by atoms with E-state index in [9.17, 15) is 8.78 Å². The molecule has 2 aliphatic rings. The van der Waals surface area contributed by atoms with Gasteiger partial charge in [-0.15, -0.1) is 0 Å². The fraction of sp³-hybridized carbons (Fsp3) is 0.571. The lowest BCUT2D eigenvalue weighted by molar-refractivity contribution is -0.0268. The molecule has 64 valence electrons. The highest BCUT2D eigenvalue weighted by Crippen LogP contribution is 2.67. The molecule has 1 heterocycles. The van der Waals surface area contributed by atoms with Crippen molar-refractivity contribution in [3.05, 3.63) is 16.4 Å². The molecule has 0 aliphatic heterocycles. The van der Waals surface area contributed by atoms with Crippen LogP contribution in [0.25, 0.3) is 0 Å². The molecule has 2 aliphatic carbocycles. The number of aromatic amines is 1.